The van der Waals surface area contributed by atoms with E-state index < -0.39 is 19.8 Å². The van der Waals surface area contributed by atoms with Gasteiger partial charge < -0.3 is 37.7 Å². The lowest BCUT2D eigenvalue weighted by Crippen LogP contribution is -2.55. The first-order chi connectivity index (χ1) is 27.6. The van der Waals surface area contributed by atoms with Crippen molar-refractivity contribution in [3.8, 4) is 17.2 Å². The average Bonchev–Trinajstić information content (AvgIpc) is 3.70. The van der Waals surface area contributed by atoms with Crippen LogP contribution < -0.4 is 19.6 Å². The van der Waals surface area contributed by atoms with Crippen molar-refractivity contribution in [2.75, 3.05) is 20.8 Å². The van der Waals surface area contributed by atoms with Crippen LogP contribution in [0.15, 0.2) is 98.3 Å². The number of benzene rings is 4. The van der Waals surface area contributed by atoms with Crippen LogP contribution in [0.3, 0.4) is 0 Å². The Kier molecular flexibility index (Phi) is 14.1. The van der Waals surface area contributed by atoms with E-state index in [-0.39, 0.29) is 24.4 Å². The molecule has 6 rings (SSSR count). The molecule has 0 saturated carbocycles. The normalized spacial score (nSPS) is 18.5. The number of aryl methyl sites for hydroxylation is 1. The number of halogens is 2. The van der Waals surface area contributed by atoms with Gasteiger partial charge in [0.15, 0.2) is 0 Å². The van der Waals surface area contributed by atoms with Gasteiger partial charge in [0.1, 0.15) is 55.5 Å². The van der Waals surface area contributed by atoms with Crippen LogP contribution in [-0.2, 0) is 27.4 Å². The zero-order valence-corrected chi connectivity index (χ0v) is 39.1. The molecule has 1 aliphatic rings. The number of rotatable bonds is 14. The van der Waals surface area contributed by atoms with Gasteiger partial charge in [-0.3, -0.25) is 0 Å². The summed E-state index contributed by atoms with van der Waals surface area (Å²) in [5.41, 5.74) is 2.53. The highest BCUT2D eigenvalue weighted by Gasteiger charge is 2.43. The average molecular weight is 938 g/mol. The first kappa shape index (κ1) is 43.8. The molecule has 0 unspecified atom stereocenters. The minimum absolute atomic E-state index is 0.318. The summed E-state index contributed by atoms with van der Waals surface area (Å²) in [4.78, 5) is 15.1. The molecule has 0 radical (unpaired) electrons. The summed E-state index contributed by atoms with van der Waals surface area (Å²) in [6.45, 7) is 15.5. The third-order valence-corrected chi connectivity index (χ3v) is 15.6. The number of nitrogens with zero attached hydrogens (tertiary/aromatic N) is 1. The van der Waals surface area contributed by atoms with E-state index >= 15 is 0 Å². The first-order valence-electron chi connectivity index (χ1n) is 19.7. The Hall–Kier alpha value is -3.81. The molecule has 5 aromatic rings. The lowest BCUT2D eigenvalue weighted by molar-refractivity contribution is -0.172. The maximum atomic E-state index is 13.4. The van der Waals surface area contributed by atoms with Crippen LogP contribution in [0, 0.1) is 6.92 Å². The smallest absolute Gasteiger partial charge is 0.410 e. The van der Waals surface area contributed by atoms with Crippen LogP contribution in [0.5, 0.6) is 17.2 Å². The van der Waals surface area contributed by atoms with E-state index in [2.05, 4.69) is 69.2 Å². The molecule has 2 heterocycles. The predicted molar refractivity (Wildman–Crippen MR) is 238 cm³/mol. The van der Waals surface area contributed by atoms with Gasteiger partial charge in [-0.1, -0.05) is 73.8 Å². The molecule has 58 heavy (non-hydrogen) atoms. The van der Waals surface area contributed by atoms with E-state index in [1.54, 1.807) is 19.1 Å². The molecule has 9 nitrogen and oxygen atoms in total. The molecule has 1 fully saturated rings. The summed E-state index contributed by atoms with van der Waals surface area (Å²) < 4.78 is 46.2. The van der Waals surface area contributed by atoms with Crippen LogP contribution in [0.1, 0.15) is 62.7 Å². The fourth-order valence-electron chi connectivity index (χ4n) is 7.30. The van der Waals surface area contributed by atoms with Crippen molar-refractivity contribution < 1.29 is 37.6 Å². The third kappa shape index (κ3) is 10.3. The predicted octanol–water partition coefficient (Wildman–Crippen LogP) is 11.5. The van der Waals surface area contributed by atoms with Crippen molar-refractivity contribution in [3.05, 3.63) is 116 Å². The fraction of sp³-hybridized carbons (Fsp3) is 0.413. The van der Waals surface area contributed by atoms with Gasteiger partial charge in [-0.25, -0.2) is 4.79 Å². The number of methoxy groups -OCH3 is 1. The molecule has 1 amide bonds. The maximum Gasteiger partial charge on any atom is 0.410 e. The van der Waals surface area contributed by atoms with Gasteiger partial charge in [-0.2, -0.15) is 0 Å². The van der Waals surface area contributed by atoms with E-state index in [0.717, 1.165) is 59.3 Å². The number of fused-ring (bicyclic) bond motifs is 1. The molecule has 0 spiro atoms. The summed E-state index contributed by atoms with van der Waals surface area (Å²) in [5.74, 6) is 2.84. The first-order valence-corrected chi connectivity index (χ1v) is 24.5. The zero-order chi connectivity index (χ0) is 41.8. The molecule has 1 aromatic heterocycles. The van der Waals surface area contributed by atoms with Crippen molar-refractivity contribution >= 4 is 62.2 Å². The van der Waals surface area contributed by atoms with Gasteiger partial charge in [0.25, 0.3) is 0 Å². The SMILES string of the molecule is COc1c(Br)c(Br)c(OCC[Si](C)(C)c2ccc([C@H]3C[C@@H](N(C)C(=O)OC(C)(C)C)[C@H](OCc4ccccc4)[C@@H](C)O3)o2)c2c(OCc3ccccc3)cc(C)cc12. The molecule has 0 N–H and O–H groups in total. The van der Waals surface area contributed by atoms with E-state index in [1.165, 1.54) is 0 Å². The van der Waals surface area contributed by atoms with Crippen molar-refractivity contribution in [1.29, 1.82) is 0 Å². The Morgan fingerprint density at radius 3 is 2.17 bits per heavy atom. The monoisotopic (exact) mass is 935 g/mol. The quantitative estimate of drug-likeness (QED) is 0.102. The maximum absolute atomic E-state index is 13.4. The van der Waals surface area contributed by atoms with Gasteiger partial charge in [0.05, 0.1) is 52.2 Å². The molecular weight excluding hydrogens is 882 g/mol. The Balaban J connectivity index is 1.20. The summed E-state index contributed by atoms with van der Waals surface area (Å²) in [7, 11) is 1.27. The van der Waals surface area contributed by atoms with Crippen LogP contribution in [0.4, 0.5) is 4.79 Å². The summed E-state index contributed by atoms with van der Waals surface area (Å²) in [5, 5.41) is 2.69. The second-order valence-electron chi connectivity index (χ2n) is 16.6. The van der Waals surface area contributed by atoms with Gasteiger partial charge in [-0.15, -0.1) is 0 Å². The number of likely N-dealkylation sites (N-methyl/N-ethyl adjacent to an activating group) is 1. The van der Waals surface area contributed by atoms with E-state index in [1.807, 2.05) is 95.3 Å². The lowest BCUT2D eigenvalue weighted by atomic mass is 9.93. The van der Waals surface area contributed by atoms with Gasteiger partial charge >= 0.3 is 6.09 Å². The largest absolute Gasteiger partial charge is 0.495 e. The second kappa shape index (κ2) is 18.6. The highest BCUT2D eigenvalue weighted by molar-refractivity contribution is 9.13. The Labute approximate surface area is 360 Å². The number of carbonyl (C=O) groups excluding carboxylic acids is 1. The molecule has 0 bridgehead atoms. The van der Waals surface area contributed by atoms with E-state index in [0.29, 0.717) is 37.7 Å². The van der Waals surface area contributed by atoms with E-state index in [9.17, 15) is 4.79 Å². The number of hydrogen-bond acceptors (Lipinski definition) is 8. The van der Waals surface area contributed by atoms with Crippen molar-refractivity contribution in [3.63, 3.8) is 0 Å². The van der Waals surface area contributed by atoms with Crippen LogP contribution in [0.25, 0.3) is 10.8 Å². The molecule has 12 heteroatoms. The highest BCUT2D eigenvalue weighted by atomic mass is 79.9. The minimum Gasteiger partial charge on any atom is -0.495 e. The zero-order valence-electron chi connectivity index (χ0n) is 34.9. The Bertz CT molecular complexity index is 2170. The lowest BCUT2D eigenvalue weighted by Gasteiger charge is -2.43. The molecule has 4 atom stereocenters. The van der Waals surface area contributed by atoms with Crippen molar-refractivity contribution in [1.82, 2.24) is 4.90 Å². The number of furan rings is 1. The molecule has 4 aromatic carbocycles. The van der Waals surface area contributed by atoms with Crippen LogP contribution in [0.2, 0.25) is 19.1 Å². The third-order valence-electron chi connectivity index (χ3n) is 10.5. The summed E-state index contributed by atoms with van der Waals surface area (Å²) >= 11 is 7.57. The van der Waals surface area contributed by atoms with Gasteiger partial charge in [-0.05, 0) is 113 Å². The topological polar surface area (TPSA) is 88.8 Å². The molecule has 0 aliphatic carbocycles. The van der Waals surface area contributed by atoms with Gasteiger partial charge in [0.2, 0.25) is 0 Å². The van der Waals surface area contributed by atoms with Crippen molar-refractivity contribution in [2.45, 2.75) is 103 Å². The molecule has 310 valence electrons. The standard InChI is InChI=1S/C46H55Br2NO8Si/c1-29-24-33-39(37(25-29)53-27-31-16-12-10-13-17-31)44(41(48)40(47)43(33)51-7)52-22-23-58(8,9)38-21-20-35(56-38)36-26-34(49(6)45(50)57-46(3,4)5)42(30(2)55-36)54-28-32-18-14-11-15-19-32/h10-21,24-25,30,34,36,42H,22-23,26-28H2,1-9H3/t30-,34-,36-,42-/m1/s1. The number of hydrogen-bond donors (Lipinski definition) is 0. The Morgan fingerprint density at radius 2 is 1.53 bits per heavy atom. The molecule has 1 aliphatic heterocycles. The van der Waals surface area contributed by atoms with Crippen LogP contribution >= 0.6 is 31.9 Å². The molecule has 1 saturated heterocycles. The van der Waals surface area contributed by atoms with Crippen molar-refractivity contribution in [2.24, 2.45) is 0 Å². The minimum atomic E-state index is -2.18. The number of amides is 1. The summed E-state index contributed by atoms with van der Waals surface area (Å²) in [6.07, 6.45) is -1.01. The Morgan fingerprint density at radius 1 is 0.897 bits per heavy atom. The number of ether oxygens (including phenoxy) is 6. The van der Waals surface area contributed by atoms with Crippen LogP contribution in [-0.4, -0.2) is 63.7 Å². The second-order valence-corrected chi connectivity index (χ2v) is 23.0. The van der Waals surface area contributed by atoms with Gasteiger partial charge in [0, 0.05) is 18.9 Å². The van der Waals surface area contributed by atoms with E-state index in [4.69, 9.17) is 32.8 Å². The summed E-state index contributed by atoms with van der Waals surface area (Å²) in [6, 6.07) is 28.8. The number of carbonyl (C=O) groups is 1. The highest BCUT2D eigenvalue weighted by Crippen LogP contribution is 2.50. The molecular formula is C46H55Br2NO8Si. The fourth-order valence-corrected chi connectivity index (χ4v) is 10.1.